The summed E-state index contributed by atoms with van der Waals surface area (Å²) in [5, 5.41) is 23.2. The van der Waals surface area contributed by atoms with Crippen LogP contribution in [0.25, 0.3) is 0 Å². The fraction of sp³-hybridized carbons (Fsp3) is 0.611. The summed E-state index contributed by atoms with van der Waals surface area (Å²) in [5.41, 5.74) is 2.10. The number of carbonyl (C=O) groups is 1. The molecule has 5 atom stereocenters. The minimum atomic E-state index is -0.602. The van der Waals surface area contributed by atoms with Gasteiger partial charge in [0.25, 0.3) is 0 Å². The van der Waals surface area contributed by atoms with E-state index in [4.69, 9.17) is 0 Å². The molecule has 0 spiro atoms. The van der Waals surface area contributed by atoms with Gasteiger partial charge in [-0.3, -0.25) is 4.79 Å². The van der Waals surface area contributed by atoms with Crippen LogP contribution in [0.5, 0.6) is 0 Å². The van der Waals surface area contributed by atoms with Crippen LogP contribution in [0.4, 0.5) is 0 Å². The van der Waals surface area contributed by atoms with E-state index in [-0.39, 0.29) is 23.8 Å². The van der Waals surface area contributed by atoms with E-state index < -0.39 is 12.2 Å². The molecule has 0 heterocycles. The number of hydrogen-bond acceptors (Lipinski definition) is 3. The number of amides is 1. The van der Waals surface area contributed by atoms with Crippen LogP contribution in [0.1, 0.15) is 63.1 Å². The molecule has 1 aliphatic carbocycles. The monoisotopic (exact) mass is 305 g/mol. The molecule has 1 aromatic carbocycles. The highest BCUT2D eigenvalue weighted by Gasteiger charge is 2.38. The van der Waals surface area contributed by atoms with E-state index in [1.54, 1.807) is 0 Å². The third kappa shape index (κ3) is 3.33. The maximum absolute atomic E-state index is 12.5. The van der Waals surface area contributed by atoms with Gasteiger partial charge in [0.2, 0.25) is 5.91 Å². The van der Waals surface area contributed by atoms with Crippen LogP contribution in [-0.4, -0.2) is 28.3 Å². The van der Waals surface area contributed by atoms with Crippen LogP contribution in [-0.2, 0) is 4.79 Å². The highest BCUT2D eigenvalue weighted by atomic mass is 16.3. The number of hydrogen-bond donors (Lipinski definition) is 3. The lowest BCUT2D eigenvalue weighted by molar-refractivity contribution is -0.127. The number of fused-ring (bicyclic) bond motifs is 1. The van der Waals surface area contributed by atoms with E-state index in [9.17, 15) is 15.0 Å². The summed E-state index contributed by atoms with van der Waals surface area (Å²) in [4.78, 5) is 12.5. The zero-order valence-electron chi connectivity index (χ0n) is 13.6. The fourth-order valence-corrected chi connectivity index (χ4v) is 3.25. The van der Waals surface area contributed by atoms with Crippen molar-refractivity contribution in [2.24, 2.45) is 5.92 Å². The minimum Gasteiger partial charge on any atom is -0.393 e. The van der Waals surface area contributed by atoms with Gasteiger partial charge in [0.15, 0.2) is 0 Å². The van der Waals surface area contributed by atoms with E-state index in [1.165, 1.54) is 0 Å². The number of rotatable bonds is 6. The van der Waals surface area contributed by atoms with Gasteiger partial charge in [-0.05, 0) is 30.4 Å². The predicted octanol–water partition coefficient (Wildman–Crippen LogP) is 2.51. The third-order valence-corrected chi connectivity index (χ3v) is 4.86. The van der Waals surface area contributed by atoms with E-state index in [1.807, 2.05) is 45.0 Å². The molecular weight excluding hydrogens is 278 g/mol. The van der Waals surface area contributed by atoms with Crippen LogP contribution < -0.4 is 5.32 Å². The van der Waals surface area contributed by atoms with Gasteiger partial charge < -0.3 is 15.5 Å². The molecule has 2 rings (SSSR count). The van der Waals surface area contributed by atoms with Gasteiger partial charge in [0.05, 0.1) is 18.2 Å². The van der Waals surface area contributed by atoms with Crippen LogP contribution in [0.3, 0.4) is 0 Å². The average molecular weight is 305 g/mol. The summed E-state index contributed by atoms with van der Waals surface area (Å²) in [6.45, 7) is 5.84. The molecule has 4 heteroatoms. The topological polar surface area (TPSA) is 69.6 Å². The first-order chi connectivity index (χ1) is 10.5. The van der Waals surface area contributed by atoms with Crippen molar-refractivity contribution in [1.29, 1.82) is 0 Å². The maximum atomic E-state index is 12.5. The highest BCUT2D eigenvalue weighted by Crippen LogP contribution is 2.40. The van der Waals surface area contributed by atoms with E-state index in [0.717, 1.165) is 11.1 Å². The lowest BCUT2D eigenvalue weighted by Crippen LogP contribution is -2.39. The molecule has 0 aliphatic heterocycles. The Bertz CT molecular complexity index is 517. The molecule has 1 unspecified atom stereocenters. The van der Waals surface area contributed by atoms with Crippen molar-refractivity contribution in [2.75, 3.05) is 0 Å². The smallest absolute Gasteiger partial charge is 0.223 e. The van der Waals surface area contributed by atoms with Crippen molar-refractivity contribution in [1.82, 2.24) is 5.32 Å². The Labute approximate surface area is 132 Å². The molecule has 0 fully saturated rings. The zero-order chi connectivity index (χ0) is 16.3. The van der Waals surface area contributed by atoms with Gasteiger partial charge in [-0.15, -0.1) is 0 Å². The summed E-state index contributed by atoms with van der Waals surface area (Å²) < 4.78 is 0. The summed E-state index contributed by atoms with van der Waals surface area (Å²) >= 11 is 0. The number of benzene rings is 1. The first-order valence-corrected chi connectivity index (χ1v) is 8.24. The van der Waals surface area contributed by atoms with Crippen LogP contribution >= 0.6 is 0 Å². The number of carbonyl (C=O) groups excluding carboxylic acids is 1. The Morgan fingerprint density at radius 3 is 2.45 bits per heavy atom. The van der Waals surface area contributed by atoms with E-state index in [0.29, 0.717) is 19.3 Å². The Kier molecular flexibility index (Phi) is 5.59. The van der Waals surface area contributed by atoms with E-state index >= 15 is 0 Å². The van der Waals surface area contributed by atoms with Crippen LogP contribution in [0, 0.1) is 5.92 Å². The predicted molar refractivity (Wildman–Crippen MR) is 86.4 cm³/mol. The van der Waals surface area contributed by atoms with Gasteiger partial charge >= 0.3 is 0 Å². The van der Waals surface area contributed by atoms with Crippen molar-refractivity contribution < 1.29 is 15.0 Å². The molecular formula is C18H27NO3. The quantitative estimate of drug-likeness (QED) is 0.756. The molecule has 0 saturated carbocycles. The van der Waals surface area contributed by atoms with Crippen molar-refractivity contribution in [3.8, 4) is 0 Å². The molecule has 1 amide bonds. The Hall–Kier alpha value is -1.39. The Balaban J connectivity index is 2.11. The fourth-order valence-electron chi connectivity index (χ4n) is 3.25. The Morgan fingerprint density at radius 1 is 1.23 bits per heavy atom. The molecule has 0 radical (unpaired) electrons. The van der Waals surface area contributed by atoms with Crippen molar-refractivity contribution >= 4 is 5.91 Å². The van der Waals surface area contributed by atoms with Crippen LogP contribution in [0.15, 0.2) is 24.3 Å². The number of aliphatic hydroxyl groups excluding tert-OH is 2. The highest BCUT2D eigenvalue weighted by molar-refractivity contribution is 5.79. The molecule has 4 nitrogen and oxygen atoms in total. The summed E-state index contributed by atoms with van der Waals surface area (Å²) in [5.74, 6) is -0.281. The molecule has 3 N–H and O–H groups in total. The zero-order valence-corrected chi connectivity index (χ0v) is 13.6. The normalized spacial score (nSPS) is 26.3. The van der Waals surface area contributed by atoms with Crippen LogP contribution in [0.2, 0.25) is 0 Å². The number of aliphatic hydroxyl groups is 2. The molecule has 22 heavy (non-hydrogen) atoms. The van der Waals surface area contributed by atoms with Crippen molar-refractivity contribution in [3.05, 3.63) is 35.4 Å². The largest absolute Gasteiger partial charge is 0.393 e. The molecule has 0 aromatic heterocycles. The maximum Gasteiger partial charge on any atom is 0.223 e. The van der Waals surface area contributed by atoms with Gasteiger partial charge in [0.1, 0.15) is 0 Å². The molecule has 1 aromatic rings. The lowest BCUT2D eigenvalue weighted by atomic mass is 9.95. The molecule has 0 saturated heterocycles. The number of nitrogens with one attached hydrogen (secondary N) is 1. The summed E-state index contributed by atoms with van der Waals surface area (Å²) in [6, 6.07) is 7.51. The Morgan fingerprint density at radius 2 is 1.86 bits per heavy atom. The van der Waals surface area contributed by atoms with Crippen molar-refractivity contribution in [2.45, 2.75) is 64.2 Å². The van der Waals surface area contributed by atoms with Gasteiger partial charge in [0, 0.05) is 11.8 Å². The van der Waals surface area contributed by atoms with Gasteiger partial charge in [-0.25, -0.2) is 0 Å². The van der Waals surface area contributed by atoms with Crippen molar-refractivity contribution in [3.63, 3.8) is 0 Å². The second-order valence-corrected chi connectivity index (χ2v) is 6.30. The second-order valence-electron chi connectivity index (χ2n) is 6.30. The second kappa shape index (κ2) is 7.25. The third-order valence-electron chi connectivity index (χ3n) is 4.86. The molecule has 0 bridgehead atoms. The standard InChI is InChI=1S/C18H27NO3/c1-4-12(10-13(20)5-2)18(22)19-16-15-9-7-6-8-14(15)11(3)17(16)21/h6-9,11-13,16-17,20-21H,4-5,10H2,1-3H3,(H,19,22)/t11?,12-,13-,16+,17-/m1/s1. The summed E-state index contributed by atoms with van der Waals surface area (Å²) in [6.07, 6.45) is 0.752. The van der Waals surface area contributed by atoms with Gasteiger partial charge in [-0.1, -0.05) is 45.0 Å². The SMILES string of the molecule is CC[C@@H](O)C[C@@H](CC)C(=O)N[C@H]1c2ccccc2C(C)[C@H]1O. The first kappa shape index (κ1) is 17.0. The molecule has 1 aliphatic rings. The minimum absolute atomic E-state index is 0.0165. The van der Waals surface area contributed by atoms with Gasteiger partial charge in [-0.2, -0.15) is 0 Å². The molecule has 122 valence electrons. The summed E-state index contributed by atoms with van der Waals surface area (Å²) in [7, 11) is 0. The van der Waals surface area contributed by atoms with E-state index in [2.05, 4.69) is 5.32 Å². The lowest BCUT2D eigenvalue weighted by Gasteiger charge is -2.24. The average Bonchev–Trinajstić information content (AvgIpc) is 2.77. The first-order valence-electron chi connectivity index (χ1n) is 8.24.